The molecule has 0 atom stereocenters. The van der Waals surface area contributed by atoms with Gasteiger partial charge in [0, 0.05) is 5.56 Å². The van der Waals surface area contributed by atoms with Crippen molar-refractivity contribution in [1.29, 1.82) is 0 Å². The Labute approximate surface area is 119 Å². The molecule has 0 radical (unpaired) electrons. The second-order valence-electron chi connectivity index (χ2n) is 4.37. The minimum atomic E-state index is -4.41. The van der Waals surface area contributed by atoms with Gasteiger partial charge in [0.2, 0.25) is 0 Å². The van der Waals surface area contributed by atoms with Crippen molar-refractivity contribution in [2.24, 2.45) is 0 Å². The lowest BCUT2D eigenvalue weighted by atomic mass is 10.1. The molecule has 2 rings (SSSR count). The van der Waals surface area contributed by atoms with E-state index in [1.807, 2.05) is 0 Å². The number of benzene rings is 2. The summed E-state index contributed by atoms with van der Waals surface area (Å²) < 4.78 is 37.7. The van der Waals surface area contributed by atoms with Crippen molar-refractivity contribution in [3.63, 3.8) is 0 Å². The minimum Gasteiger partial charge on any atom is -0.508 e. The van der Waals surface area contributed by atoms with E-state index < -0.39 is 11.7 Å². The molecule has 2 aromatic rings. The maximum atomic E-state index is 12.6. The number of hydrogen-bond acceptors (Lipinski definition) is 2. The Bertz CT molecular complexity index is 671. The number of carbonyl (C=O) groups excluding carboxylic acids is 1. The largest absolute Gasteiger partial charge is 0.508 e. The average molecular weight is 292 g/mol. The normalized spacial score (nSPS) is 11.8. The van der Waals surface area contributed by atoms with Crippen molar-refractivity contribution < 1.29 is 23.1 Å². The third-order valence-electron chi connectivity index (χ3n) is 2.79. The molecule has 2 aromatic carbocycles. The van der Waals surface area contributed by atoms with E-state index in [-0.39, 0.29) is 17.1 Å². The Morgan fingerprint density at radius 3 is 2.33 bits per heavy atom. The summed E-state index contributed by atoms with van der Waals surface area (Å²) in [5.74, 6) is -0.319. The molecule has 0 unspecified atom stereocenters. The Hall–Kier alpha value is -2.56. The fourth-order valence-corrected chi connectivity index (χ4v) is 1.71. The summed E-state index contributed by atoms with van der Waals surface area (Å²) in [4.78, 5) is 11.8. The number of halogens is 3. The van der Waals surface area contributed by atoms with E-state index in [0.29, 0.717) is 5.56 Å². The van der Waals surface area contributed by atoms with E-state index in [1.165, 1.54) is 48.6 Å². The van der Waals surface area contributed by atoms with Crippen LogP contribution in [0.1, 0.15) is 21.5 Å². The highest BCUT2D eigenvalue weighted by Gasteiger charge is 2.30. The first-order chi connectivity index (χ1) is 9.86. The Morgan fingerprint density at radius 1 is 1.05 bits per heavy atom. The lowest BCUT2D eigenvalue weighted by molar-refractivity contribution is -0.137. The highest BCUT2D eigenvalue weighted by atomic mass is 19.4. The topological polar surface area (TPSA) is 37.3 Å². The van der Waals surface area contributed by atoms with Crippen molar-refractivity contribution in [2.45, 2.75) is 6.18 Å². The van der Waals surface area contributed by atoms with Crippen LogP contribution in [-0.4, -0.2) is 10.9 Å². The Balaban J connectivity index is 2.17. The monoisotopic (exact) mass is 292 g/mol. The summed E-state index contributed by atoms with van der Waals surface area (Å²) in [6, 6.07) is 10.3. The van der Waals surface area contributed by atoms with Gasteiger partial charge in [-0.3, -0.25) is 4.79 Å². The summed E-state index contributed by atoms with van der Waals surface area (Å²) in [7, 11) is 0. The third-order valence-corrected chi connectivity index (χ3v) is 2.79. The molecule has 0 spiro atoms. The molecule has 0 aromatic heterocycles. The zero-order valence-electron chi connectivity index (χ0n) is 10.8. The van der Waals surface area contributed by atoms with Crippen LogP contribution in [0.2, 0.25) is 0 Å². The molecule has 5 heteroatoms. The molecule has 2 nitrogen and oxygen atoms in total. The number of ketones is 1. The van der Waals surface area contributed by atoms with Gasteiger partial charge in [0.1, 0.15) is 5.75 Å². The molecule has 108 valence electrons. The van der Waals surface area contributed by atoms with Crippen molar-refractivity contribution in [2.75, 3.05) is 0 Å². The number of hydrogen-bond donors (Lipinski definition) is 1. The Morgan fingerprint density at radius 2 is 1.71 bits per heavy atom. The summed E-state index contributed by atoms with van der Waals surface area (Å²) in [6.45, 7) is 0. The summed E-state index contributed by atoms with van der Waals surface area (Å²) in [6.07, 6.45) is -1.89. The van der Waals surface area contributed by atoms with Crippen molar-refractivity contribution in [1.82, 2.24) is 0 Å². The average Bonchev–Trinajstić information content (AvgIpc) is 2.45. The Kier molecular flexibility index (Phi) is 4.12. The van der Waals surface area contributed by atoms with Gasteiger partial charge in [-0.1, -0.05) is 18.2 Å². The first-order valence-electron chi connectivity index (χ1n) is 6.05. The molecule has 0 heterocycles. The predicted octanol–water partition coefficient (Wildman–Crippen LogP) is 4.31. The van der Waals surface area contributed by atoms with Gasteiger partial charge in [0.25, 0.3) is 0 Å². The van der Waals surface area contributed by atoms with Crippen LogP contribution in [0, 0.1) is 0 Å². The van der Waals surface area contributed by atoms with Gasteiger partial charge >= 0.3 is 6.18 Å². The molecular formula is C16H11F3O2. The van der Waals surface area contributed by atoms with Crippen LogP contribution in [0.4, 0.5) is 13.2 Å². The molecule has 1 N–H and O–H groups in total. The number of carbonyl (C=O) groups is 1. The number of alkyl halides is 3. The quantitative estimate of drug-likeness (QED) is 0.676. The van der Waals surface area contributed by atoms with E-state index in [2.05, 4.69) is 0 Å². The van der Waals surface area contributed by atoms with E-state index >= 15 is 0 Å². The van der Waals surface area contributed by atoms with Crippen LogP contribution in [0.25, 0.3) is 6.08 Å². The van der Waals surface area contributed by atoms with E-state index in [9.17, 15) is 18.0 Å². The van der Waals surface area contributed by atoms with Gasteiger partial charge in [-0.25, -0.2) is 0 Å². The van der Waals surface area contributed by atoms with Crippen molar-refractivity contribution in [3.8, 4) is 5.75 Å². The maximum Gasteiger partial charge on any atom is 0.416 e. The van der Waals surface area contributed by atoms with Gasteiger partial charge < -0.3 is 5.11 Å². The number of phenols is 1. The zero-order chi connectivity index (χ0) is 15.5. The molecule has 0 aliphatic carbocycles. The van der Waals surface area contributed by atoms with Gasteiger partial charge in [-0.2, -0.15) is 13.2 Å². The highest BCUT2D eigenvalue weighted by molar-refractivity contribution is 6.06. The maximum absolute atomic E-state index is 12.6. The summed E-state index contributed by atoms with van der Waals surface area (Å²) >= 11 is 0. The summed E-state index contributed by atoms with van der Waals surface area (Å²) in [5, 5.41) is 9.12. The van der Waals surface area contributed by atoms with E-state index in [0.717, 1.165) is 12.1 Å². The molecule has 0 fully saturated rings. The lowest BCUT2D eigenvalue weighted by Crippen LogP contribution is -2.04. The van der Waals surface area contributed by atoms with Gasteiger partial charge in [-0.15, -0.1) is 0 Å². The van der Waals surface area contributed by atoms with Crippen LogP contribution in [0.15, 0.2) is 54.6 Å². The number of allylic oxidation sites excluding steroid dienone is 1. The predicted molar refractivity (Wildman–Crippen MR) is 72.9 cm³/mol. The third kappa shape index (κ3) is 3.95. The molecule has 0 bridgehead atoms. The molecule has 0 saturated heterocycles. The van der Waals surface area contributed by atoms with Crippen molar-refractivity contribution >= 4 is 11.9 Å². The molecule has 21 heavy (non-hydrogen) atoms. The SMILES string of the molecule is O=C(C=Cc1cccc(C(F)(F)F)c1)c1ccc(O)cc1. The molecule has 0 aliphatic rings. The number of rotatable bonds is 3. The standard InChI is InChI=1S/C16H11F3O2/c17-16(18,19)13-3-1-2-11(10-13)4-9-15(21)12-5-7-14(20)8-6-12/h1-10,20H. The molecular weight excluding hydrogens is 281 g/mol. The number of aromatic hydroxyl groups is 1. The zero-order valence-corrected chi connectivity index (χ0v) is 10.8. The van der Waals surface area contributed by atoms with Gasteiger partial charge in [-0.05, 0) is 48.0 Å². The molecule has 0 saturated carbocycles. The first kappa shape index (κ1) is 14.8. The molecule has 0 amide bonds. The van der Waals surface area contributed by atoms with Crippen LogP contribution in [-0.2, 0) is 6.18 Å². The van der Waals surface area contributed by atoms with Gasteiger partial charge in [0.05, 0.1) is 5.56 Å². The second kappa shape index (κ2) is 5.83. The lowest BCUT2D eigenvalue weighted by Gasteiger charge is -2.06. The smallest absolute Gasteiger partial charge is 0.416 e. The van der Waals surface area contributed by atoms with E-state index in [4.69, 9.17) is 5.11 Å². The van der Waals surface area contributed by atoms with Gasteiger partial charge in [0.15, 0.2) is 5.78 Å². The highest BCUT2D eigenvalue weighted by Crippen LogP contribution is 2.29. The first-order valence-corrected chi connectivity index (χ1v) is 6.05. The fraction of sp³-hybridized carbons (Fsp3) is 0.0625. The van der Waals surface area contributed by atoms with Crippen LogP contribution in [0.5, 0.6) is 5.75 Å². The van der Waals surface area contributed by atoms with E-state index in [1.54, 1.807) is 0 Å². The van der Waals surface area contributed by atoms with Crippen LogP contribution < -0.4 is 0 Å². The minimum absolute atomic E-state index is 0.0356. The summed E-state index contributed by atoms with van der Waals surface area (Å²) in [5.41, 5.74) is -0.130. The second-order valence-corrected chi connectivity index (χ2v) is 4.37. The van der Waals surface area contributed by atoms with Crippen LogP contribution in [0.3, 0.4) is 0 Å². The molecule has 0 aliphatic heterocycles. The van der Waals surface area contributed by atoms with Crippen LogP contribution >= 0.6 is 0 Å². The van der Waals surface area contributed by atoms with Crippen molar-refractivity contribution in [3.05, 3.63) is 71.3 Å². The fourth-order valence-electron chi connectivity index (χ4n) is 1.71. The number of phenolic OH excluding ortho intramolecular Hbond substituents is 1.